The minimum absolute atomic E-state index is 0.000753. The first kappa shape index (κ1) is 15.8. The van der Waals surface area contributed by atoms with Crippen molar-refractivity contribution in [3.63, 3.8) is 0 Å². The van der Waals surface area contributed by atoms with Crippen molar-refractivity contribution in [3.05, 3.63) is 53.2 Å². The van der Waals surface area contributed by atoms with Crippen molar-refractivity contribution in [2.75, 3.05) is 11.9 Å². The van der Waals surface area contributed by atoms with Gasteiger partial charge in [0.1, 0.15) is 0 Å². The van der Waals surface area contributed by atoms with Crippen LogP contribution in [0, 0.1) is 0 Å². The van der Waals surface area contributed by atoms with Crippen molar-refractivity contribution < 1.29 is 8.42 Å². The van der Waals surface area contributed by atoms with Crippen LogP contribution in [0.1, 0.15) is 12.5 Å². The molecule has 0 fully saturated rings. The Kier molecular flexibility index (Phi) is 5.17. The topological polar surface area (TPSA) is 71.1 Å². The normalized spacial score (nSPS) is 11.3. The second-order valence-electron chi connectivity index (χ2n) is 4.34. The molecule has 7 heteroatoms. The molecule has 5 nitrogen and oxygen atoms in total. The smallest absolute Gasteiger partial charge is 0.260 e. The highest BCUT2D eigenvalue weighted by atomic mass is 35.5. The minimum atomic E-state index is -3.68. The fourth-order valence-electron chi connectivity index (χ4n) is 1.78. The van der Waals surface area contributed by atoms with E-state index in [1.54, 1.807) is 36.4 Å². The second kappa shape index (κ2) is 6.89. The first-order valence-electron chi connectivity index (χ1n) is 6.46. The molecule has 0 saturated carbocycles. The van der Waals surface area contributed by atoms with Crippen LogP contribution in [0.15, 0.2) is 47.6 Å². The standard InChI is InChI=1S/C14H16ClN3O2S/c1-2-16-13-4-3-9-17-14(13)21(19,20)18-10-11-5-7-12(15)8-6-11/h3-9,16,18H,2,10H2,1H3. The highest BCUT2D eigenvalue weighted by molar-refractivity contribution is 7.89. The van der Waals surface area contributed by atoms with Crippen LogP contribution in [0.5, 0.6) is 0 Å². The fraction of sp³-hybridized carbons (Fsp3) is 0.214. The van der Waals surface area contributed by atoms with Crippen molar-refractivity contribution in [2.45, 2.75) is 18.5 Å². The molecule has 0 atom stereocenters. The monoisotopic (exact) mass is 325 g/mol. The van der Waals surface area contributed by atoms with Crippen molar-refractivity contribution in [1.82, 2.24) is 9.71 Å². The van der Waals surface area contributed by atoms with E-state index in [1.165, 1.54) is 6.20 Å². The zero-order valence-corrected chi connectivity index (χ0v) is 13.1. The summed E-state index contributed by atoms with van der Waals surface area (Å²) in [6.07, 6.45) is 1.46. The Hall–Kier alpha value is -1.63. The van der Waals surface area contributed by atoms with Gasteiger partial charge in [0, 0.05) is 24.3 Å². The molecule has 1 aromatic carbocycles. The molecule has 112 valence electrons. The van der Waals surface area contributed by atoms with Gasteiger partial charge in [0.15, 0.2) is 5.03 Å². The van der Waals surface area contributed by atoms with Gasteiger partial charge in [-0.1, -0.05) is 23.7 Å². The first-order valence-corrected chi connectivity index (χ1v) is 8.32. The Morgan fingerprint density at radius 3 is 2.57 bits per heavy atom. The number of aromatic nitrogens is 1. The van der Waals surface area contributed by atoms with E-state index < -0.39 is 10.0 Å². The van der Waals surface area contributed by atoms with Crippen molar-refractivity contribution in [2.24, 2.45) is 0 Å². The number of halogens is 1. The Morgan fingerprint density at radius 2 is 1.90 bits per heavy atom. The fourth-order valence-corrected chi connectivity index (χ4v) is 3.03. The lowest BCUT2D eigenvalue weighted by Gasteiger charge is -2.11. The first-order chi connectivity index (χ1) is 10.0. The van der Waals surface area contributed by atoms with E-state index in [2.05, 4.69) is 15.0 Å². The van der Waals surface area contributed by atoms with Crippen LogP contribution in [-0.2, 0) is 16.6 Å². The predicted molar refractivity (Wildman–Crippen MR) is 83.9 cm³/mol. The average molecular weight is 326 g/mol. The van der Waals surface area contributed by atoms with E-state index in [9.17, 15) is 8.42 Å². The summed E-state index contributed by atoms with van der Waals surface area (Å²) in [7, 11) is -3.68. The number of benzene rings is 1. The number of pyridine rings is 1. The van der Waals surface area contributed by atoms with Gasteiger partial charge in [-0.25, -0.2) is 18.1 Å². The molecule has 2 N–H and O–H groups in total. The Balaban J connectivity index is 2.17. The molecule has 0 radical (unpaired) electrons. The van der Waals surface area contributed by atoms with Gasteiger partial charge in [0.05, 0.1) is 5.69 Å². The zero-order valence-electron chi connectivity index (χ0n) is 11.5. The number of hydrogen-bond donors (Lipinski definition) is 2. The number of sulfonamides is 1. The van der Waals surface area contributed by atoms with E-state index in [0.717, 1.165) is 5.56 Å². The largest absolute Gasteiger partial charge is 0.383 e. The van der Waals surface area contributed by atoms with Gasteiger partial charge in [0.2, 0.25) is 0 Å². The van der Waals surface area contributed by atoms with E-state index in [4.69, 9.17) is 11.6 Å². The summed E-state index contributed by atoms with van der Waals surface area (Å²) in [5, 5.41) is 3.60. The maximum atomic E-state index is 12.3. The lowest BCUT2D eigenvalue weighted by atomic mass is 10.2. The highest BCUT2D eigenvalue weighted by Crippen LogP contribution is 2.18. The molecule has 0 saturated heterocycles. The minimum Gasteiger partial charge on any atom is -0.383 e. The SMILES string of the molecule is CCNc1cccnc1S(=O)(=O)NCc1ccc(Cl)cc1. The summed E-state index contributed by atoms with van der Waals surface area (Å²) in [4.78, 5) is 3.96. The zero-order chi connectivity index (χ0) is 15.3. The van der Waals surface area contributed by atoms with Crippen LogP contribution in [0.25, 0.3) is 0 Å². The van der Waals surface area contributed by atoms with Gasteiger partial charge < -0.3 is 5.32 Å². The third kappa shape index (κ3) is 4.17. The van der Waals surface area contributed by atoms with Crippen LogP contribution in [0.4, 0.5) is 5.69 Å². The van der Waals surface area contributed by atoms with Gasteiger partial charge in [-0.15, -0.1) is 0 Å². The third-order valence-electron chi connectivity index (χ3n) is 2.77. The van der Waals surface area contributed by atoms with Crippen LogP contribution >= 0.6 is 11.6 Å². The van der Waals surface area contributed by atoms with Gasteiger partial charge >= 0.3 is 0 Å². The molecule has 21 heavy (non-hydrogen) atoms. The van der Waals surface area contributed by atoms with Crippen molar-refractivity contribution in [3.8, 4) is 0 Å². The number of rotatable bonds is 6. The number of nitrogens with zero attached hydrogens (tertiary/aromatic N) is 1. The maximum absolute atomic E-state index is 12.3. The molecule has 2 rings (SSSR count). The van der Waals surface area contributed by atoms with Gasteiger partial charge in [-0.3, -0.25) is 0 Å². The number of hydrogen-bond acceptors (Lipinski definition) is 4. The lowest BCUT2D eigenvalue weighted by Crippen LogP contribution is -2.25. The maximum Gasteiger partial charge on any atom is 0.260 e. The molecule has 0 unspecified atom stereocenters. The van der Waals surface area contributed by atoms with E-state index in [0.29, 0.717) is 17.3 Å². The molecular weight excluding hydrogens is 310 g/mol. The number of nitrogens with one attached hydrogen (secondary N) is 2. The molecule has 0 aliphatic carbocycles. The van der Waals surface area contributed by atoms with Crippen LogP contribution < -0.4 is 10.0 Å². The summed E-state index contributed by atoms with van der Waals surface area (Å²) in [6.45, 7) is 2.69. The highest BCUT2D eigenvalue weighted by Gasteiger charge is 2.19. The Morgan fingerprint density at radius 1 is 1.19 bits per heavy atom. The lowest BCUT2D eigenvalue weighted by molar-refractivity contribution is 0.578. The second-order valence-corrected chi connectivity index (χ2v) is 6.46. The summed E-state index contributed by atoms with van der Waals surface area (Å²) in [5.74, 6) is 0. The van der Waals surface area contributed by atoms with Crippen LogP contribution in [0.2, 0.25) is 5.02 Å². The summed E-state index contributed by atoms with van der Waals surface area (Å²) < 4.78 is 27.2. The molecule has 0 aliphatic rings. The third-order valence-corrected chi connectivity index (χ3v) is 4.38. The number of anilines is 1. The average Bonchev–Trinajstić information content (AvgIpc) is 2.47. The van der Waals surface area contributed by atoms with E-state index in [1.807, 2.05) is 6.92 Å². The molecule has 1 heterocycles. The molecule has 0 spiro atoms. The van der Waals surface area contributed by atoms with Crippen LogP contribution in [0.3, 0.4) is 0 Å². The van der Waals surface area contributed by atoms with Gasteiger partial charge in [-0.05, 0) is 36.8 Å². The molecule has 0 bridgehead atoms. The molecule has 0 amide bonds. The summed E-state index contributed by atoms with van der Waals surface area (Å²) in [5.41, 5.74) is 1.31. The van der Waals surface area contributed by atoms with E-state index >= 15 is 0 Å². The summed E-state index contributed by atoms with van der Waals surface area (Å²) in [6, 6.07) is 10.4. The van der Waals surface area contributed by atoms with E-state index in [-0.39, 0.29) is 11.6 Å². The Bertz CT molecular complexity index is 702. The molecule has 2 aromatic rings. The van der Waals surface area contributed by atoms with Crippen LogP contribution in [-0.4, -0.2) is 19.9 Å². The Labute approximate surface area is 129 Å². The van der Waals surface area contributed by atoms with Gasteiger partial charge in [-0.2, -0.15) is 0 Å². The molecular formula is C14H16ClN3O2S. The van der Waals surface area contributed by atoms with Crippen molar-refractivity contribution >= 4 is 27.3 Å². The van der Waals surface area contributed by atoms with Gasteiger partial charge in [0.25, 0.3) is 10.0 Å². The molecule has 1 aromatic heterocycles. The predicted octanol–water partition coefficient (Wildman–Crippen LogP) is 2.65. The quantitative estimate of drug-likeness (QED) is 0.856. The molecule has 0 aliphatic heterocycles. The van der Waals surface area contributed by atoms with Crippen molar-refractivity contribution in [1.29, 1.82) is 0 Å². The summed E-state index contributed by atoms with van der Waals surface area (Å²) >= 11 is 5.80.